The Morgan fingerprint density at radius 2 is 2.13 bits per heavy atom. The van der Waals surface area contributed by atoms with E-state index in [0.717, 1.165) is 22.9 Å². The highest BCUT2D eigenvalue weighted by Gasteiger charge is 2.30. The van der Waals surface area contributed by atoms with Gasteiger partial charge >= 0.3 is 0 Å². The van der Waals surface area contributed by atoms with E-state index in [1.165, 1.54) is 0 Å². The van der Waals surface area contributed by atoms with Crippen LogP contribution in [0.2, 0.25) is 0 Å². The molecule has 1 aromatic rings. The lowest BCUT2D eigenvalue weighted by Crippen LogP contribution is -2.28. The molecule has 80 valence electrons. The van der Waals surface area contributed by atoms with Crippen LogP contribution in [-0.4, -0.2) is 5.91 Å². The van der Waals surface area contributed by atoms with Crippen molar-refractivity contribution in [3.63, 3.8) is 0 Å². The van der Waals surface area contributed by atoms with E-state index >= 15 is 0 Å². The number of amides is 1. The molecule has 1 atom stereocenters. The van der Waals surface area contributed by atoms with Gasteiger partial charge in [0.15, 0.2) is 0 Å². The van der Waals surface area contributed by atoms with Gasteiger partial charge in [-0.1, -0.05) is 34.1 Å². The van der Waals surface area contributed by atoms with Crippen LogP contribution in [0.3, 0.4) is 0 Å². The molecule has 3 heteroatoms. The Labute approximate surface area is 98.2 Å². The summed E-state index contributed by atoms with van der Waals surface area (Å²) in [7, 11) is 0. The zero-order valence-electron chi connectivity index (χ0n) is 8.66. The number of benzene rings is 1. The van der Waals surface area contributed by atoms with Crippen LogP contribution >= 0.6 is 15.9 Å². The average molecular weight is 268 g/mol. The summed E-state index contributed by atoms with van der Waals surface area (Å²) < 4.78 is 1.05. The third-order valence-corrected chi connectivity index (χ3v) is 3.40. The summed E-state index contributed by atoms with van der Waals surface area (Å²) in [6.07, 6.45) is 2.10. The lowest BCUT2D eigenvalue weighted by molar-refractivity contribution is -0.122. The molecule has 0 aliphatic heterocycles. The minimum Gasteiger partial charge on any atom is -0.349 e. The van der Waals surface area contributed by atoms with Crippen molar-refractivity contribution in [2.45, 2.75) is 25.8 Å². The molecule has 0 unspecified atom stereocenters. The van der Waals surface area contributed by atoms with Gasteiger partial charge in [0.2, 0.25) is 5.91 Å². The first kappa shape index (κ1) is 10.7. The van der Waals surface area contributed by atoms with E-state index < -0.39 is 0 Å². The van der Waals surface area contributed by atoms with Crippen LogP contribution in [0.1, 0.15) is 31.4 Å². The summed E-state index contributed by atoms with van der Waals surface area (Å²) >= 11 is 3.49. The molecular weight excluding hydrogens is 254 g/mol. The van der Waals surface area contributed by atoms with Crippen molar-refractivity contribution in [2.24, 2.45) is 5.92 Å². The van der Waals surface area contributed by atoms with Gasteiger partial charge in [0.25, 0.3) is 0 Å². The molecule has 15 heavy (non-hydrogen) atoms. The quantitative estimate of drug-likeness (QED) is 0.896. The maximum Gasteiger partial charge on any atom is 0.223 e. The molecule has 0 saturated heterocycles. The number of carbonyl (C=O) groups is 1. The summed E-state index contributed by atoms with van der Waals surface area (Å²) in [5.74, 6) is 0.466. The van der Waals surface area contributed by atoms with Crippen LogP contribution < -0.4 is 5.32 Å². The second-order valence-electron chi connectivity index (χ2n) is 4.03. The maximum absolute atomic E-state index is 11.6. The van der Waals surface area contributed by atoms with Gasteiger partial charge in [-0.05, 0) is 31.4 Å². The third-order valence-electron chi connectivity index (χ3n) is 2.68. The van der Waals surface area contributed by atoms with Gasteiger partial charge in [-0.2, -0.15) is 0 Å². The van der Waals surface area contributed by atoms with E-state index in [-0.39, 0.29) is 17.9 Å². The zero-order chi connectivity index (χ0) is 10.8. The van der Waals surface area contributed by atoms with Crippen LogP contribution in [-0.2, 0) is 4.79 Å². The molecule has 1 fully saturated rings. The lowest BCUT2D eigenvalue weighted by atomic mass is 10.1. The van der Waals surface area contributed by atoms with E-state index in [0.29, 0.717) is 0 Å². The molecule has 1 N–H and O–H groups in total. The number of hydrogen-bond acceptors (Lipinski definition) is 1. The molecule has 1 aliphatic carbocycles. The summed E-state index contributed by atoms with van der Waals surface area (Å²) in [6.45, 7) is 2.01. The van der Waals surface area contributed by atoms with E-state index in [9.17, 15) is 4.79 Å². The van der Waals surface area contributed by atoms with Gasteiger partial charge in [-0.15, -0.1) is 0 Å². The van der Waals surface area contributed by atoms with Crippen molar-refractivity contribution in [3.8, 4) is 0 Å². The monoisotopic (exact) mass is 267 g/mol. The van der Waals surface area contributed by atoms with E-state index in [1.54, 1.807) is 0 Å². The molecule has 1 saturated carbocycles. The Bertz CT molecular complexity index is 374. The standard InChI is InChI=1S/C12H14BrNO/c1-8(14-12(15)9-6-7-9)10-4-2-3-5-11(10)13/h2-5,8-9H,6-7H2,1H3,(H,14,15)/t8-/m0/s1. The average Bonchev–Trinajstić information content (AvgIpc) is 3.01. The SMILES string of the molecule is C[C@H](NC(=O)C1CC1)c1ccccc1Br. The fraction of sp³-hybridized carbons (Fsp3) is 0.417. The summed E-state index contributed by atoms with van der Waals surface area (Å²) in [4.78, 5) is 11.6. The normalized spacial score (nSPS) is 17.2. The highest BCUT2D eigenvalue weighted by molar-refractivity contribution is 9.10. The Kier molecular flexibility index (Phi) is 3.10. The van der Waals surface area contributed by atoms with Crippen molar-refractivity contribution >= 4 is 21.8 Å². The molecular formula is C12H14BrNO. The largest absolute Gasteiger partial charge is 0.349 e. The molecule has 0 heterocycles. The van der Waals surface area contributed by atoms with E-state index in [1.807, 2.05) is 31.2 Å². The predicted molar refractivity (Wildman–Crippen MR) is 63.4 cm³/mol. The first-order valence-corrected chi connectivity index (χ1v) is 6.02. The maximum atomic E-state index is 11.6. The van der Waals surface area contributed by atoms with Crippen molar-refractivity contribution in [1.82, 2.24) is 5.32 Å². The minimum absolute atomic E-state index is 0.0775. The Hall–Kier alpha value is -0.830. The molecule has 0 spiro atoms. The molecule has 1 aromatic carbocycles. The number of nitrogens with one attached hydrogen (secondary N) is 1. The van der Waals surface area contributed by atoms with E-state index in [2.05, 4.69) is 21.2 Å². The van der Waals surface area contributed by atoms with Crippen molar-refractivity contribution in [1.29, 1.82) is 0 Å². The summed E-state index contributed by atoms with van der Waals surface area (Å²) in [5.41, 5.74) is 1.13. The fourth-order valence-electron chi connectivity index (χ4n) is 1.58. The number of hydrogen-bond donors (Lipinski definition) is 1. The third kappa shape index (κ3) is 2.59. The minimum atomic E-state index is 0.0775. The molecule has 1 aliphatic rings. The van der Waals surface area contributed by atoms with Crippen LogP contribution in [0, 0.1) is 5.92 Å². The first-order valence-electron chi connectivity index (χ1n) is 5.23. The van der Waals surface area contributed by atoms with Crippen LogP contribution in [0.15, 0.2) is 28.7 Å². The smallest absolute Gasteiger partial charge is 0.223 e. The fourth-order valence-corrected chi connectivity index (χ4v) is 2.21. The number of rotatable bonds is 3. The highest BCUT2D eigenvalue weighted by Crippen LogP contribution is 2.30. The van der Waals surface area contributed by atoms with Crippen LogP contribution in [0.5, 0.6) is 0 Å². The molecule has 0 bridgehead atoms. The second-order valence-corrected chi connectivity index (χ2v) is 4.88. The number of carbonyl (C=O) groups excluding carboxylic acids is 1. The Morgan fingerprint density at radius 3 is 2.73 bits per heavy atom. The first-order chi connectivity index (χ1) is 7.18. The topological polar surface area (TPSA) is 29.1 Å². The van der Waals surface area contributed by atoms with E-state index in [4.69, 9.17) is 0 Å². The molecule has 2 nitrogen and oxygen atoms in total. The van der Waals surface area contributed by atoms with Crippen molar-refractivity contribution < 1.29 is 4.79 Å². The van der Waals surface area contributed by atoms with Gasteiger partial charge in [0, 0.05) is 10.4 Å². The van der Waals surface area contributed by atoms with Crippen LogP contribution in [0.4, 0.5) is 0 Å². The Balaban J connectivity index is 2.03. The molecule has 1 amide bonds. The second kappa shape index (κ2) is 4.35. The molecule has 0 aromatic heterocycles. The van der Waals surface area contributed by atoms with Gasteiger partial charge < -0.3 is 5.32 Å². The van der Waals surface area contributed by atoms with Gasteiger partial charge in [0.1, 0.15) is 0 Å². The lowest BCUT2D eigenvalue weighted by Gasteiger charge is -2.15. The summed E-state index contributed by atoms with van der Waals surface area (Å²) in [6, 6.07) is 8.06. The van der Waals surface area contributed by atoms with Gasteiger partial charge in [-0.3, -0.25) is 4.79 Å². The van der Waals surface area contributed by atoms with Gasteiger partial charge in [-0.25, -0.2) is 0 Å². The van der Waals surface area contributed by atoms with Crippen molar-refractivity contribution in [2.75, 3.05) is 0 Å². The number of halogens is 1. The summed E-state index contributed by atoms with van der Waals surface area (Å²) in [5, 5.41) is 3.03. The zero-order valence-corrected chi connectivity index (χ0v) is 10.3. The molecule has 2 rings (SSSR count). The predicted octanol–water partition coefficient (Wildman–Crippen LogP) is 3.04. The van der Waals surface area contributed by atoms with Gasteiger partial charge in [0.05, 0.1) is 6.04 Å². The molecule has 0 radical (unpaired) electrons. The van der Waals surface area contributed by atoms with Crippen LogP contribution in [0.25, 0.3) is 0 Å². The van der Waals surface area contributed by atoms with Crippen molar-refractivity contribution in [3.05, 3.63) is 34.3 Å². The highest BCUT2D eigenvalue weighted by atomic mass is 79.9. The Morgan fingerprint density at radius 1 is 1.47 bits per heavy atom.